The summed E-state index contributed by atoms with van der Waals surface area (Å²) < 4.78 is 68.2. The Morgan fingerprint density at radius 2 is 1.79 bits per heavy atom. The van der Waals surface area contributed by atoms with Crippen LogP contribution in [0.5, 0.6) is 0 Å². The van der Waals surface area contributed by atoms with E-state index in [2.05, 4.69) is 10.3 Å². The summed E-state index contributed by atoms with van der Waals surface area (Å²) in [5, 5.41) is 40.6. The van der Waals surface area contributed by atoms with Crippen LogP contribution < -0.4 is 0 Å². The van der Waals surface area contributed by atoms with E-state index in [0.29, 0.717) is 19.3 Å². The van der Waals surface area contributed by atoms with Crippen molar-refractivity contribution < 1.29 is 47.1 Å². The van der Waals surface area contributed by atoms with E-state index in [1.165, 1.54) is 11.1 Å². The first kappa shape index (κ1) is 28.3. The van der Waals surface area contributed by atoms with Crippen LogP contribution in [0, 0.1) is 23.4 Å². The number of carbonyl (C=O) groups is 1. The van der Waals surface area contributed by atoms with E-state index in [4.69, 9.17) is 4.74 Å². The number of rotatable bonds is 5. The fourth-order valence-corrected chi connectivity index (χ4v) is 7.46. The molecule has 0 radical (unpaired) electrons. The minimum Gasteiger partial charge on any atom is -0.394 e. The van der Waals surface area contributed by atoms with Gasteiger partial charge in [0.25, 0.3) is 0 Å². The molecule has 5 rings (SSSR count). The third-order valence-corrected chi connectivity index (χ3v) is 9.76. The Morgan fingerprint density at radius 3 is 2.44 bits per heavy atom. The highest BCUT2D eigenvalue weighted by atomic mass is 32.3. The standard InChI is InChI=1S/C24H31F3N4O7S/c25-15-8-14(9-16(26)20(15)27)17-11-31(29-28-17)21-22(34)18(12-32)38-24(23(21)35)5-1-2-19(33)30(24)10-13-3-6-39(36,37)7-4-13/h8-9,11,13,18,21-23,32,34-37H,1-7,10,12H2/t18-,21+,22+,23-,24?/m1/s1. The highest BCUT2D eigenvalue weighted by Gasteiger charge is 2.60. The predicted octanol–water partition coefficient (Wildman–Crippen LogP) is 1.89. The SMILES string of the molecule is O=C1CCCC2(O[C@H](CO)[C@H](O)[C@H](n3cc(-c4cc(F)c(F)c(F)c4)nn3)[C@H]2O)N1CC1CCS(O)(O)CC1. The Kier molecular flexibility index (Phi) is 7.69. The lowest BCUT2D eigenvalue weighted by Crippen LogP contribution is -2.72. The second kappa shape index (κ2) is 10.6. The molecule has 1 aromatic heterocycles. The molecule has 3 aliphatic rings. The quantitative estimate of drug-likeness (QED) is 0.335. The van der Waals surface area contributed by atoms with Crippen LogP contribution in [0.2, 0.25) is 0 Å². The van der Waals surface area contributed by atoms with Crippen LogP contribution in [0.1, 0.15) is 38.1 Å². The summed E-state index contributed by atoms with van der Waals surface area (Å²) in [6.45, 7) is -0.475. The van der Waals surface area contributed by atoms with Crippen molar-refractivity contribution in [2.75, 3.05) is 24.7 Å². The number of carbonyl (C=O) groups excluding carboxylic acids is 1. The summed E-state index contributed by atoms with van der Waals surface area (Å²) in [5.74, 6) is -4.44. The van der Waals surface area contributed by atoms with Crippen LogP contribution in [0.4, 0.5) is 13.2 Å². The zero-order valence-electron chi connectivity index (χ0n) is 20.9. The van der Waals surface area contributed by atoms with Crippen molar-refractivity contribution in [3.8, 4) is 11.3 Å². The first-order chi connectivity index (χ1) is 18.5. The molecule has 1 amide bonds. The van der Waals surface area contributed by atoms with E-state index >= 15 is 0 Å². The zero-order chi connectivity index (χ0) is 28.1. The third kappa shape index (κ3) is 5.16. The number of hydrogen-bond donors (Lipinski definition) is 5. The van der Waals surface area contributed by atoms with Crippen molar-refractivity contribution in [2.45, 2.75) is 62.2 Å². The molecule has 1 unspecified atom stereocenters. The smallest absolute Gasteiger partial charge is 0.224 e. The first-order valence-corrected chi connectivity index (χ1v) is 14.6. The van der Waals surface area contributed by atoms with Crippen molar-refractivity contribution in [1.82, 2.24) is 19.9 Å². The summed E-state index contributed by atoms with van der Waals surface area (Å²) in [4.78, 5) is 14.6. The number of aliphatic hydroxyl groups excluding tert-OH is 3. The van der Waals surface area contributed by atoms with Crippen LogP contribution in [0.3, 0.4) is 0 Å². The van der Waals surface area contributed by atoms with E-state index in [1.54, 1.807) is 0 Å². The van der Waals surface area contributed by atoms with Crippen molar-refractivity contribution in [1.29, 1.82) is 0 Å². The fraction of sp³-hybridized carbons (Fsp3) is 0.625. The van der Waals surface area contributed by atoms with Crippen LogP contribution in [-0.2, 0) is 9.53 Å². The number of hydrogen-bond acceptors (Lipinski definition) is 9. The number of ether oxygens (including phenoxy) is 1. The van der Waals surface area contributed by atoms with E-state index in [1.807, 2.05) is 0 Å². The molecule has 216 valence electrons. The van der Waals surface area contributed by atoms with Crippen LogP contribution in [-0.4, -0.2) is 98.9 Å². The van der Waals surface area contributed by atoms with Crippen molar-refractivity contribution >= 4 is 16.5 Å². The average molecular weight is 577 g/mol. The van der Waals surface area contributed by atoms with Crippen LogP contribution in [0.15, 0.2) is 18.3 Å². The molecule has 11 nitrogen and oxygen atoms in total. The number of aliphatic hydroxyl groups is 3. The van der Waals surface area contributed by atoms with Gasteiger partial charge >= 0.3 is 0 Å². The van der Waals surface area contributed by atoms with Gasteiger partial charge in [0.05, 0.1) is 12.8 Å². The van der Waals surface area contributed by atoms with Crippen molar-refractivity contribution in [2.24, 2.45) is 5.92 Å². The van der Waals surface area contributed by atoms with Gasteiger partial charge in [-0.2, -0.15) is 10.6 Å². The van der Waals surface area contributed by atoms with Gasteiger partial charge in [0, 0.05) is 30.0 Å². The van der Waals surface area contributed by atoms with Crippen LogP contribution in [0.25, 0.3) is 11.3 Å². The topological polar surface area (TPSA) is 161 Å². The molecule has 1 aromatic carbocycles. The predicted molar refractivity (Wildman–Crippen MR) is 132 cm³/mol. The Labute approximate surface area is 223 Å². The van der Waals surface area contributed by atoms with Gasteiger partial charge in [0.1, 0.15) is 30.0 Å². The number of aromatic nitrogens is 3. The molecule has 15 heteroatoms. The number of benzene rings is 1. The normalized spacial score (nSPS) is 32.5. The summed E-state index contributed by atoms with van der Waals surface area (Å²) in [7, 11) is -2.64. The lowest BCUT2D eigenvalue weighted by molar-refractivity contribution is -0.310. The average Bonchev–Trinajstić information content (AvgIpc) is 3.37. The van der Waals surface area contributed by atoms with Gasteiger partial charge in [-0.15, -0.1) is 5.10 Å². The van der Waals surface area contributed by atoms with E-state index in [9.17, 15) is 42.4 Å². The molecule has 5 N–H and O–H groups in total. The van der Waals surface area contributed by atoms with E-state index in [-0.39, 0.29) is 54.0 Å². The first-order valence-electron chi connectivity index (χ1n) is 12.7. The lowest BCUT2D eigenvalue weighted by Gasteiger charge is -2.57. The minimum absolute atomic E-state index is 0.0638. The van der Waals surface area contributed by atoms with Gasteiger partial charge in [0.2, 0.25) is 5.91 Å². The van der Waals surface area contributed by atoms with E-state index < -0.39 is 64.7 Å². The Hall–Kier alpha value is -2.27. The number of piperidine rings is 1. The molecule has 0 saturated carbocycles. The molecule has 2 aromatic rings. The second-order valence-corrected chi connectivity index (χ2v) is 12.9. The van der Waals surface area contributed by atoms with Crippen molar-refractivity contribution in [3.63, 3.8) is 0 Å². The summed E-state index contributed by atoms with van der Waals surface area (Å²) in [5.41, 5.74) is -1.82. The number of nitrogens with zero attached hydrogens (tertiary/aromatic N) is 4. The van der Waals surface area contributed by atoms with Gasteiger partial charge in [0.15, 0.2) is 23.2 Å². The molecule has 1 spiro atoms. The van der Waals surface area contributed by atoms with Gasteiger partial charge in [-0.25, -0.2) is 17.9 Å². The summed E-state index contributed by atoms with van der Waals surface area (Å²) >= 11 is 0. The number of likely N-dealkylation sites (tertiary alicyclic amines) is 1. The maximum atomic E-state index is 13.8. The maximum Gasteiger partial charge on any atom is 0.224 e. The van der Waals surface area contributed by atoms with Gasteiger partial charge in [-0.05, 0) is 43.7 Å². The second-order valence-electron chi connectivity index (χ2n) is 10.5. The highest BCUT2D eigenvalue weighted by molar-refractivity contribution is 8.24. The molecular weight excluding hydrogens is 545 g/mol. The largest absolute Gasteiger partial charge is 0.394 e. The van der Waals surface area contributed by atoms with Gasteiger partial charge in [-0.1, -0.05) is 5.21 Å². The van der Waals surface area contributed by atoms with Crippen molar-refractivity contribution in [3.05, 3.63) is 35.8 Å². The van der Waals surface area contributed by atoms with Gasteiger partial charge < -0.3 is 25.0 Å². The monoisotopic (exact) mass is 576 g/mol. The third-order valence-electron chi connectivity index (χ3n) is 7.98. The molecule has 0 aliphatic carbocycles. The van der Waals surface area contributed by atoms with E-state index in [0.717, 1.165) is 16.8 Å². The lowest BCUT2D eigenvalue weighted by atomic mass is 9.81. The number of halogens is 3. The Morgan fingerprint density at radius 1 is 1.13 bits per heavy atom. The molecule has 3 fully saturated rings. The van der Waals surface area contributed by atoms with Crippen LogP contribution >= 0.6 is 10.6 Å². The summed E-state index contributed by atoms with van der Waals surface area (Å²) in [6, 6.07) is 0.198. The molecular formula is C24H31F3N4O7S. The molecule has 0 bridgehead atoms. The highest BCUT2D eigenvalue weighted by Crippen LogP contribution is 2.48. The molecule has 5 atom stereocenters. The molecule has 4 heterocycles. The number of amides is 1. The van der Waals surface area contributed by atoms with Gasteiger partial charge in [-0.3, -0.25) is 13.9 Å². The Balaban J connectivity index is 1.48. The fourth-order valence-electron chi connectivity index (χ4n) is 5.84. The zero-order valence-corrected chi connectivity index (χ0v) is 21.7. The maximum absolute atomic E-state index is 13.8. The minimum atomic E-state index is -2.64. The Bertz CT molecular complexity index is 1200. The molecule has 3 aliphatic heterocycles. The molecule has 3 saturated heterocycles. The molecule has 39 heavy (non-hydrogen) atoms. The summed E-state index contributed by atoms with van der Waals surface area (Å²) in [6.07, 6.45) is -1.38.